The second-order valence-corrected chi connectivity index (χ2v) is 6.92. The van der Waals surface area contributed by atoms with Gasteiger partial charge in [0.05, 0.1) is 0 Å². The van der Waals surface area contributed by atoms with Crippen molar-refractivity contribution in [2.75, 3.05) is 12.3 Å². The SMILES string of the molecule is Nc1cc(OCC2=C(c3ccc(Cl)cc3)CCC2)ccc1CCC(=O)O. The van der Waals surface area contributed by atoms with Crippen LogP contribution in [0.5, 0.6) is 5.75 Å². The van der Waals surface area contributed by atoms with Crippen molar-refractivity contribution >= 4 is 28.8 Å². The van der Waals surface area contributed by atoms with Crippen LogP contribution in [-0.2, 0) is 11.2 Å². The highest BCUT2D eigenvalue weighted by molar-refractivity contribution is 6.30. The lowest BCUT2D eigenvalue weighted by molar-refractivity contribution is -0.136. The summed E-state index contributed by atoms with van der Waals surface area (Å²) in [5, 5.41) is 9.52. The number of halogens is 1. The average Bonchev–Trinajstić information content (AvgIpc) is 3.08. The molecule has 3 N–H and O–H groups in total. The number of nitrogens with two attached hydrogens (primary N) is 1. The molecule has 0 radical (unpaired) electrons. The molecule has 0 bridgehead atoms. The Bertz CT molecular complexity index is 828. The van der Waals surface area contributed by atoms with E-state index in [0.29, 0.717) is 24.5 Å². The van der Waals surface area contributed by atoms with Gasteiger partial charge in [-0.3, -0.25) is 4.79 Å². The van der Waals surface area contributed by atoms with Crippen LogP contribution in [0.15, 0.2) is 48.0 Å². The summed E-state index contributed by atoms with van der Waals surface area (Å²) in [7, 11) is 0. The summed E-state index contributed by atoms with van der Waals surface area (Å²) in [5.74, 6) is -0.121. The summed E-state index contributed by atoms with van der Waals surface area (Å²) >= 11 is 5.98. The van der Waals surface area contributed by atoms with Crippen molar-refractivity contribution in [3.05, 3.63) is 64.2 Å². The van der Waals surface area contributed by atoms with E-state index in [0.717, 1.165) is 29.8 Å². The van der Waals surface area contributed by atoms with Crippen molar-refractivity contribution in [1.29, 1.82) is 0 Å². The molecular formula is C21H22ClNO3. The van der Waals surface area contributed by atoms with Gasteiger partial charge in [-0.2, -0.15) is 0 Å². The minimum absolute atomic E-state index is 0.0712. The number of hydrogen-bond donors (Lipinski definition) is 2. The molecule has 0 atom stereocenters. The number of carbonyl (C=O) groups is 1. The first kappa shape index (κ1) is 18.3. The lowest BCUT2D eigenvalue weighted by Crippen LogP contribution is -2.04. The Kier molecular flexibility index (Phi) is 5.84. The first-order chi connectivity index (χ1) is 12.5. The second kappa shape index (κ2) is 8.28. The predicted octanol–water partition coefficient (Wildman–Crippen LogP) is 4.96. The van der Waals surface area contributed by atoms with Gasteiger partial charge >= 0.3 is 5.97 Å². The smallest absolute Gasteiger partial charge is 0.303 e. The highest BCUT2D eigenvalue weighted by Crippen LogP contribution is 2.34. The van der Waals surface area contributed by atoms with Crippen LogP contribution in [0.3, 0.4) is 0 Å². The van der Waals surface area contributed by atoms with Crippen LogP contribution < -0.4 is 10.5 Å². The van der Waals surface area contributed by atoms with Crippen LogP contribution in [0.2, 0.25) is 5.02 Å². The Morgan fingerprint density at radius 3 is 2.62 bits per heavy atom. The number of carboxylic acid groups (broad SMARTS) is 1. The Labute approximate surface area is 158 Å². The number of carboxylic acids is 1. The van der Waals surface area contributed by atoms with E-state index in [9.17, 15) is 4.79 Å². The molecule has 0 fully saturated rings. The van der Waals surface area contributed by atoms with Crippen molar-refractivity contribution in [3.63, 3.8) is 0 Å². The van der Waals surface area contributed by atoms with Gasteiger partial charge in [-0.1, -0.05) is 29.8 Å². The average molecular weight is 372 g/mol. The highest BCUT2D eigenvalue weighted by atomic mass is 35.5. The van der Waals surface area contributed by atoms with Crippen LogP contribution in [-0.4, -0.2) is 17.7 Å². The van der Waals surface area contributed by atoms with E-state index in [1.165, 1.54) is 16.7 Å². The molecule has 1 aliphatic rings. The molecule has 136 valence electrons. The zero-order chi connectivity index (χ0) is 18.5. The van der Waals surface area contributed by atoms with E-state index in [2.05, 4.69) is 12.1 Å². The van der Waals surface area contributed by atoms with E-state index in [1.54, 1.807) is 6.07 Å². The van der Waals surface area contributed by atoms with Gasteiger partial charge in [0.2, 0.25) is 0 Å². The molecule has 0 saturated carbocycles. The van der Waals surface area contributed by atoms with Crippen LogP contribution in [0.25, 0.3) is 5.57 Å². The molecule has 0 heterocycles. The number of ether oxygens (including phenoxy) is 1. The molecule has 2 aromatic rings. The van der Waals surface area contributed by atoms with E-state index in [1.807, 2.05) is 24.3 Å². The largest absolute Gasteiger partial charge is 0.489 e. The molecule has 0 unspecified atom stereocenters. The quantitative estimate of drug-likeness (QED) is 0.675. The van der Waals surface area contributed by atoms with Crippen molar-refractivity contribution in [2.45, 2.75) is 32.1 Å². The molecule has 0 aliphatic heterocycles. The Balaban J connectivity index is 1.67. The first-order valence-electron chi connectivity index (χ1n) is 8.73. The number of rotatable bonds is 7. The summed E-state index contributed by atoms with van der Waals surface area (Å²) in [5.41, 5.74) is 11.3. The van der Waals surface area contributed by atoms with Gasteiger partial charge in [0, 0.05) is 23.2 Å². The van der Waals surface area contributed by atoms with E-state index in [4.69, 9.17) is 27.2 Å². The Morgan fingerprint density at radius 2 is 1.92 bits per heavy atom. The fourth-order valence-corrected chi connectivity index (χ4v) is 3.39. The molecule has 2 aromatic carbocycles. The topological polar surface area (TPSA) is 72.5 Å². The van der Waals surface area contributed by atoms with Gasteiger partial charge in [-0.05, 0) is 66.2 Å². The van der Waals surface area contributed by atoms with Crippen molar-refractivity contribution in [3.8, 4) is 5.75 Å². The van der Waals surface area contributed by atoms with Crippen molar-refractivity contribution in [1.82, 2.24) is 0 Å². The zero-order valence-electron chi connectivity index (χ0n) is 14.5. The normalized spacial score (nSPS) is 13.9. The van der Waals surface area contributed by atoms with Gasteiger partial charge in [-0.15, -0.1) is 0 Å². The third-order valence-corrected chi connectivity index (χ3v) is 4.92. The van der Waals surface area contributed by atoms with Gasteiger partial charge in [0.25, 0.3) is 0 Å². The van der Waals surface area contributed by atoms with Crippen LogP contribution in [0.1, 0.15) is 36.8 Å². The lowest BCUT2D eigenvalue weighted by Gasteiger charge is -2.12. The fraction of sp³-hybridized carbons (Fsp3) is 0.286. The standard InChI is InChI=1S/C21H22ClNO3/c22-17-8-4-14(5-9-17)19-3-1-2-16(19)13-26-18-10-6-15(20(23)12-18)7-11-21(24)25/h4-6,8-10,12H,1-3,7,11,13,23H2,(H,24,25). The molecule has 26 heavy (non-hydrogen) atoms. The van der Waals surface area contributed by atoms with Gasteiger partial charge in [0.1, 0.15) is 12.4 Å². The summed E-state index contributed by atoms with van der Waals surface area (Å²) in [6.45, 7) is 0.534. The van der Waals surface area contributed by atoms with E-state index in [-0.39, 0.29) is 6.42 Å². The highest BCUT2D eigenvalue weighted by Gasteiger charge is 2.17. The maximum Gasteiger partial charge on any atom is 0.303 e. The van der Waals surface area contributed by atoms with Crippen molar-refractivity contribution in [2.24, 2.45) is 0 Å². The summed E-state index contributed by atoms with van der Waals surface area (Å²) in [4.78, 5) is 10.7. The molecule has 5 heteroatoms. The van der Waals surface area contributed by atoms with Crippen LogP contribution in [0, 0.1) is 0 Å². The van der Waals surface area contributed by atoms with Gasteiger partial charge in [-0.25, -0.2) is 0 Å². The fourth-order valence-electron chi connectivity index (χ4n) is 3.27. The zero-order valence-corrected chi connectivity index (χ0v) is 15.3. The molecule has 4 nitrogen and oxygen atoms in total. The molecule has 0 amide bonds. The Hall–Kier alpha value is -2.46. The molecule has 1 aliphatic carbocycles. The summed E-state index contributed by atoms with van der Waals surface area (Å²) in [6.07, 6.45) is 3.71. The molecular weight excluding hydrogens is 350 g/mol. The van der Waals surface area contributed by atoms with E-state index < -0.39 is 5.97 Å². The number of aryl methyl sites for hydroxylation is 1. The van der Waals surface area contributed by atoms with Crippen LogP contribution >= 0.6 is 11.6 Å². The number of anilines is 1. The Morgan fingerprint density at radius 1 is 1.15 bits per heavy atom. The van der Waals surface area contributed by atoms with Crippen LogP contribution in [0.4, 0.5) is 5.69 Å². The lowest BCUT2D eigenvalue weighted by atomic mass is 10.0. The number of benzene rings is 2. The second-order valence-electron chi connectivity index (χ2n) is 6.49. The van der Waals surface area contributed by atoms with Gasteiger partial charge < -0.3 is 15.6 Å². The minimum atomic E-state index is -0.826. The number of aliphatic carboxylic acids is 1. The number of nitrogen functional groups attached to an aromatic ring is 1. The maximum atomic E-state index is 10.7. The maximum absolute atomic E-state index is 10.7. The predicted molar refractivity (Wildman–Crippen MR) is 105 cm³/mol. The molecule has 0 saturated heterocycles. The number of hydrogen-bond acceptors (Lipinski definition) is 3. The summed E-state index contributed by atoms with van der Waals surface area (Å²) < 4.78 is 5.95. The van der Waals surface area contributed by atoms with Gasteiger partial charge in [0.15, 0.2) is 0 Å². The third kappa shape index (κ3) is 4.58. The number of allylic oxidation sites excluding steroid dienone is 1. The van der Waals surface area contributed by atoms with E-state index >= 15 is 0 Å². The third-order valence-electron chi connectivity index (χ3n) is 4.66. The monoisotopic (exact) mass is 371 g/mol. The first-order valence-corrected chi connectivity index (χ1v) is 9.10. The minimum Gasteiger partial charge on any atom is -0.489 e. The molecule has 3 rings (SSSR count). The summed E-state index contributed by atoms with van der Waals surface area (Å²) in [6, 6.07) is 13.4. The van der Waals surface area contributed by atoms with Crippen molar-refractivity contribution < 1.29 is 14.6 Å². The molecule has 0 spiro atoms. The molecule has 0 aromatic heterocycles.